The monoisotopic (exact) mass is 773 g/mol. The first-order chi connectivity index (χ1) is 28.4. The van der Waals surface area contributed by atoms with Gasteiger partial charge in [-0.05, 0) is 150 Å². The third-order valence-electron chi connectivity index (χ3n) is 10.7. The SMILES string of the molecule is CCN(CC)c1cccc(C=Cc2nc(C=Cc3cccc(N(CC)CC)c3)c(C=Cc3cccc(N(CC)CC)c3)nc2C=Cc2cccc(N(CC)CC)c2)c1. The minimum absolute atomic E-state index is 0.807. The van der Waals surface area contributed by atoms with Gasteiger partial charge in [0.1, 0.15) is 0 Å². The van der Waals surface area contributed by atoms with Crippen molar-refractivity contribution in [3.63, 3.8) is 0 Å². The maximum Gasteiger partial charge on any atom is 0.0894 e. The largest absolute Gasteiger partial charge is 0.372 e. The van der Waals surface area contributed by atoms with Crippen LogP contribution in [0.15, 0.2) is 97.1 Å². The van der Waals surface area contributed by atoms with E-state index in [0.717, 1.165) is 97.4 Å². The van der Waals surface area contributed by atoms with Crippen LogP contribution in [-0.4, -0.2) is 62.3 Å². The van der Waals surface area contributed by atoms with Crippen molar-refractivity contribution in [1.29, 1.82) is 0 Å². The van der Waals surface area contributed by atoms with E-state index in [-0.39, 0.29) is 0 Å². The van der Waals surface area contributed by atoms with Crippen molar-refractivity contribution in [2.24, 2.45) is 0 Å². The number of hydrogen-bond donors (Lipinski definition) is 0. The van der Waals surface area contributed by atoms with Crippen LogP contribution in [0.2, 0.25) is 0 Å². The zero-order valence-electron chi connectivity index (χ0n) is 36.2. The van der Waals surface area contributed by atoms with Crippen LogP contribution >= 0.6 is 0 Å². The molecule has 0 bridgehead atoms. The maximum absolute atomic E-state index is 5.38. The quantitative estimate of drug-likeness (QED) is 0.0784. The summed E-state index contributed by atoms with van der Waals surface area (Å²) in [4.78, 5) is 20.2. The lowest BCUT2D eigenvalue weighted by atomic mass is 10.1. The first kappa shape index (κ1) is 43.2. The molecule has 6 heteroatoms. The fourth-order valence-corrected chi connectivity index (χ4v) is 7.34. The molecule has 0 N–H and O–H groups in total. The standard InChI is InChI=1S/C52H64N6/c1-9-55(10-2)45-25-17-21-41(37-45)29-33-49-50(34-30-42-22-18-26-46(38-42)56(11-3)12-4)54-52(36-32-44-24-20-28-48(40-44)58(15-7)16-8)51(53-49)35-31-43-23-19-27-47(39-43)57(13-5)14-6/h17-40H,9-16H2,1-8H3. The maximum atomic E-state index is 5.38. The van der Waals surface area contributed by atoms with Crippen molar-refractivity contribution in [3.8, 4) is 0 Å². The summed E-state index contributed by atoms with van der Waals surface area (Å²) in [5.74, 6) is 0. The number of anilines is 4. The third kappa shape index (κ3) is 11.6. The molecule has 0 atom stereocenters. The van der Waals surface area contributed by atoms with Crippen LogP contribution in [0.25, 0.3) is 48.6 Å². The first-order valence-corrected chi connectivity index (χ1v) is 21.4. The summed E-state index contributed by atoms with van der Waals surface area (Å²) in [5.41, 5.74) is 12.6. The molecule has 1 aromatic heterocycles. The molecule has 0 fully saturated rings. The molecule has 0 aliphatic rings. The second-order valence-corrected chi connectivity index (χ2v) is 14.2. The predicted octanol–water partition coefficient (Wildman–Crippen LogP) is 12.5. The molecular formula is C52H64N6. The number of benzene rings is 4. The van der Waals surface area contributed by atoms with Gasteiger partial charge in [0.25, 0.3) is 0 Å². The topological polar surface area (TPSA) is 38.7 Å². The van der Waals surface area contributed by atoms with Gasteiger partial charge in [-0.1, -0.05) is 72.8 Å². The molecule has 0 aliphatic heterocycles. The Balaban J connectivity index is 1.66. The lowest BCUT2D eigenvalue weighted by Gasteiger charge is -2.21. The second kappa shape index (κ2) is 22.2. The van der Waals surface area contributed by atoms with Gasteiger partial charge in [-0.25, -0.2) is 9.97 Å². The molecule has 5 aromatic rings. The van der Waals surface area contributed by atoms with Gasteiger partial charge in [-0.2, -0.15) is 0 Å². The Morgan fingerprint density at radius 1 is 0.310 bits per heavy atom. The van der Waals surface area contributed by atoms with Crippen LogP contribution in [0.4, 0.5) is 22.7 Å². The van der Waals surface area contributed by atoms with Crippen molar-refractivity contribution in [2.75, 3.05) is 72.0 Å². The molecule has 0 amide bonds. The van der Waals surface area contributed by atoms with Crippen LogP contribution in [0.3, 0.4) is 0 Å². The van der Waals surface area contributed by atoms with E-state index in [2.05, 4.69) is 221 Å². The zero-order valence-corrected chi connectivity index (χ0v) is 36.2. The molecule has 0 spiro atoms. The smallest absolute Gasteiger partial charge is 0.0894 e. The highest BCUT2D eigenvalue weighted by Crippen LogP contribution is 2.25. The Labute approximate surface area is 349 Å². The van der Waals surface area contributed by atoms with Gasteiger partial charge in [0.15, 0.2) is 0 Å². The van der Waals surface area contributed by atoms with Crippen molar-refractivity contribution in [3.05, 3.63) is 142 Å². The van der Waals surface area contributed by atoms with Crippen LogP contribution < -0.4 is 19.6 Å². The van der Waals surface area contributed by atoms with E-state index in [1.165, 1.54) is 22.7 Å². The average Bonchev–Trinajstić information content (AvgIpc) is 3.26. The Bertz CT molecular complexity index is 1860. The molecule has 0 saturated carbocycles. The van der Waals surface area contributed by atoms with E-state index in [0.29, 0.717) is 0 Å². The average molecular weight is 773 g/mol. The Hall–Kier alpha value is -5.88. The molecule has 0 radical (unpaired) electrons. The van der Waals surface area contributed by atoms with E-state index in [1.807, 2.05) is 0 Å². The van der Waals surface area contributed by atoms with Crippen molar-refractivity contribution < 1.29 is 0 Å². The molecule has 0 saturated heterocycles. The lowest BCUT2D eigenvalue weighted by molar-refractivity contribution is 0.866. The minimum atomic E-state index is 0.807. The van der Waals surface area contributed by atoms with Gasteiger partial charge in [0.05, 0.1) is 22.8 Å². The Kier molecular flexibility index (Phi) is 16.5. The van der Waals surface area contributed by atoms with E-state index >= 15 is 0 Å². The summed E-state index contributed by atoms with van der Waals surface area (Å²) < 4.78 is 0. The molecule has 5 rings (SSSR count). The van der Waals surface area contributed by atoms with E-state index < -0.39 is 0 Å². The summed E-state index contributed by atoms with van der Waals surface area (Å²) in [6, 6.07) is 34.9. The summed E-state index contributed by atoms with van der Waals surface area (Å²) >= 11 is 0. The molecule has 302 valence electrons. The highest BCUT2D eigenvalue weighted by atomic mass is 15.1. The molecule has 0 aliphatic carbocycles. The van der Waals surface area contributed by atoms with Crippen LogP contribution in [0.1, 0.15) is 100 Å². The van der Waals surface area contributed by atoms with Gasteiger partial charge in [-0.3, -0.25) is 0 Å². The fraction of sp³-hybridized carbons (Fsp3) is 0.308. The molecule has 58 heavy (non-hydrogen) atoms. The molecule has 0 unspecified atom stereocenters. The van der Waals surface area contributed by atoms with Gasteiger partial charge in [-0.15, -0.1) is 0 Å². The zero-order chi connectivity index (χ0) is 41.3. The van der Waals surface area contributed by atoms with Crippen molar-refractivity contribution in [2.45, 2.75) is 55.4 Å². The van der Waals surface area contributed by atoms with Gasteiger partial charge < -0.3 is 19.6 Å². The highest BCUT2D eigenvalue weighted by Gasteiger charge is 2.11. The number of aromatic nitrogens is 2. The van der Waals surface area contributed by atoms with Crippen molar-refractivity contribution >= 4 is 71.4 Å². The summed E-state index contributed by atoms with van der Waals surface area (Å²) in [7, 11) is 0. The normalized spacial score (nSPS) is 11.7. The van der Waals surface area contributed by atoms with Gasteiger partial charge in [0.2, 0.25) is 0 Å². The second-order valence-electron chi connectivity index (χ2n) is 14.2. The Morgan fingerprint density at radius 2 is 0.517 bits per heavy atom. The first-order valence-electron chi connectivity index (χ1n) is 21.4. The van der Waals surface area contributed by atoms with Crippen molar-refractivity contribution in [1.82, 2.24) is 9.97 Å². The van der Waals surface area contributed by atoms with E-state index in [1.54, 1.807) is 0 Å². The van der Waals surface area contributed by atoms with E-state index in [9.17, 15) is 0 Å². The van der Waals surface area contributed by atoms with Gasteiger partial charge >= 0.3 is 0 Å². The number of hydrogen-bond acceptors (Lipinski definition) is 6. The summed E-state index contributed by atoms with van der Waals surface area (Å²) in [6.07, 6.45) is 17.1. The van der Waals surface area contributed by atoms with Crippen LogP contribution in [0, 0.1) is 0 Å². The molecule has 1 heterocycles. The molecular weight excluding hydrogens is 709 g/mol. The predicted molar refractivity (Wildman–Crippen MR) is 258 cm³/mol. The Morgan fingerprint density at radius 3 is 0.707 bits per heavy atom. The summed E-state index contributed by atoms with van der Waals surface area (Å²) in [5, 5.41) is 0. The third-order valence-corrected chi connectivity index (χ3v) is 10.7. The number of rotatable bonds is 20. The van der Waals surface area contributed by atoms with Crippen LogP contribution in [-0.2, 0) is 0 Å². The molecule has 6 nitrogen and oxygen atoms in total. The lowest BCUT2D eigenvalue weighted by Crippen LogP contribution is -2.21. The van der Waals surface area contributed by atoms with Crippen LogP contribution in [0.5, 0.6) is 0 Å². The van der Waals surface area contributed by atoms with Gasteiger partial charge in [0, 0.05) is 75.1 Å². The fourth-order valence-electron chi connectivity index (χ4n) is 7.34. The highest BCUT2D eigenvalue weighted by molar-refractivity contribution is 5.82. The number of nitrogens with zero attached hydrogens (tertiary/aromatic N) is 6. The molecule has 4 aromatic carbocycles. The van der Waals surface area contributed by atoms with E-state index in [4.69, 9.17) is 9.97 Å². The minimum Gasteiger partial charge on any atom is -0.372 e. The summed E-state index contributed by atoms with van der Waals surface area (Å²) in [6.45, 7) is 25.3.